The number of nitrogens with zero attached hydrogens (tertiary/aromatic N) is 3. The van der Waals surface area contributed by atoms with Crippen LogP contribution in [-0.4, -0.2) is 57.9 Å². The first-order valence-electron chi connectivity index (χ1n) is 11.9. The van der Waals surface area contributed by atoms with Gasteiger partial charge in [-0.05, 0) is 61.2 Å². The molecule has 1 heterocycles. The molecule has 6 heteroatoms. The minimum atomic E-state index is 0.148. The Labute approximate surface area is 210 Å². The van der Waals surface area contributed by atoms with Crippen molar-refractivity contribution in [1.29, 1.82) is 0 Å². The van der Waals surface area contributed by atoms with Crippen LogP contribution in [0.3, 0.4) is 0 Å². The first kappa shape index (κ1) is 26.2. The Morgan fingerprint density at radius 1 is 0.970 bits per heavy atom. The molecule has 0 radical (unpaired) electrons. The van der Waals surface area contributed by atoms with Gasteiger partial charge >= 0.3 is 0 Å². The molecule has 0 aliphatic carbocycles. The van der Waals surface area contributed by atoms with Gasteiger partial charge in [-0.25, -0.2) is 0 Å². The zero-order chi connectivity index (χ0) is 24.0. The molecule has 0 saturated carbocycles. The van der Waals surface area contributed by atoms with Crippen LogP contribution in [0.5, 0.6) is 0 Å². The summed E-state index contributed by atoms with van der Waals surface area (Å²) in [5.41, 5.74) is 3.46. The van der Waals surface area contributed by atoms with E-state index < -0.39 is 0 Å². The molecule has 2 aromatic carbocycles. The maximum atomic E-state index is 6.69. The van der Waals surface area contributed by atoms with Gasteiger partial charge in [0.15, 0.2) is 0 Å². The van der Waals surface area contributed by atoms with Crippen molar-refractivity contribution in [3.8, 4) is 0 Å². The molecule has 0 aromatic heterocycles. The van der Waals surface area contributed by atoms with Crippen molar-refractivity contribution in [3.63, 3.8) is 0 Å². The largest absolute Gasteiger partial charge is 0.379 e. The van der Waals surface area contributed by atoms with Gasteiger partial charge in [-0.1, -0.05) is 62.2 Å². The first-order chi connectivity index (χ1) is 15.6. The molecule has 0 spiro atoms. The van der Waals surface area contributed by atoms with Gasteiger partial charge in [0, 0.05) is 32.9 Å². The lowest BCUT2D eigenvalue weighted by molar-refractivity contribution is 0.0318. The van der Waals surface area contributed by atoms with Crippen molar-refractivity contribution in [2.75, 3.05) is 56.7 Å². The average molecular weight is 493 g/mol. The highest BCUT2D eigenvalue weighted by Crippen LogP contribution is 2.35. The standard InChI is InChI=1S/C27H39Cl2N3O/c1-27(2,3)20-33-19-23(31-15-6-7-16-31)18-32(26-24(28)9-8-10-25(26)29)17-21-11-13-22(14-12-21)30(4)5/h8-14,23H,6-7,15-20H2,1-5H3. The summed E-state index contributed by atoms with van der Waals surface area (Å²) in [4.78, 5) is 7.01. The van der Waals surface area contributed by atoms with Crippen LogP contribution in [0.4, 0.5) is 11.4 Å². The zero-order valence-electron chi connectivity index (χ0n) is 20.8. The Kier molecular flexibility index (Phi) is 9.34. The quantitative estimate of drug-likeness (QED) is 0.372. The molecule has 1 fully saturated rings. The fourth-order valence-electron chi connectivity index (χ4n) is 4.28. The number of benzene rings is 2. The highest BCUT2D eigenvalue weighted by atomic mass is 35.5. The lowest BCUT2D eigenvalue weighted by Gasteiger charge is -2.35. The number of hydrogen-bond donors (Lipinski definition) is 0. The second-order valence-corrected chi connectivity index (χ2v) is 11.3. The molecule has 0 N–H and O–H groups in total. The van der Waals surface area contributed by atoms with Crippen molar-refractivity contribution < 1.29 is 4.74 Å². The summed E-state index contributed by atoms with van der Waals surface area (Å²) in [6.45, 7) is 11.9. The molecule has 4 nitrogen and oxygen atoms in total. The predicted molar refractivity (Wildman–Crippen MR) is 143 cm³/mol. The summed E-state index contributed by atoms with van der Waals surface area (Å²) in [5.74, 6) is 0. The Balaban J connectivity index is 1.86. The first-order valence-corrected chi connectivity index (χ1v) is 12.7. The van der Waals surface area contributed by atoms with Crippen molar-refractivity contribution in [2.24, 2.45) is 5.41 Å². The molecule has 0 amide bonds. The Morgan fingerprint density at radius 3 is 2.12 bits per heavy atom. The van der Waals surface area contributed by atoms with Crippen molar-refractivity contribution in [2.45, 2.75) is 46.2 Å². The average Bonchev–Trinajstić information content (AvgIpc) is 3.27. The van der Waals surface area contributed by atoms with Gasteiger partial charge in [-0.3, -0.25) is 4.90 Å². The summed E-state index contributed by atoms with van der Waals surface area (Å²) in [6.07, 6.45) is 2.49. The summed E-state index contributed by atoms with van der Waals surface area (Å²) in [7, 11) is 4.12. The van der Waals surface area contributed by atoms with Crippen LogP contribution in [0.25, 0.3) is 0 Å². The smallest absolute Gasteiger partial charge is 0.0748 e. The van der Waals surface area contributed by atoms with Gasteiger partial charge in [-0.2, -0.15) is 0 Å². The van der Waals surface area contributed by atoms with E-state index >= 15 is 0 Å². The Hall–Kier alpha value is -1.46. The summed E-state index contributed by atoms with van der Waals surface area (Å²) >= 11 is 13.4. The van der Waals surface area contributed by atoms with E-state index in [1.165, 1.54) is 24.1 Å². The molecule has 1 atom stereocenters. The number of hydrogen-bond acceptors (Lipinski definition) is 4. The van der Waals surface area contributed by atoms with Crippen molar-refractivity contribution in [1.82, 2.24) is 4.90 Å². The molecule has 1 saturated heterocycles. The van der Waals surface area contributed by atoms with Gasteiger partial charge < -0.3 is 14.5 Å². The highest BCUT2D eigenvalue weighted by molar-refractivity contribution is 6.39. The minimum Gasteiger partial charge on any atom is -0.379 e. The monoisotopic (exact) mass is 491 g/mol. The summed E-state index contributed by atoms with van der Waals surface area (Å²) in [6, 6.07) is 14.7. The number of ether oxygens (including phenoxy) is 1. The fraction of sp³-hybridized carbons (Fsp3) is 0.556. The van der Waals surface area contributed by atoms with E-state index in [0.29, 0.717) is 16.7 Å². The van der Waals surface area contributed by atoms with Crippen molar-refractivity contribution in [3.05, 3.63) is 58.1 Å². The fourth-order valence-corrected chi connectivity index (χ4v) is 4.92. The molecule has 182 valence electrons. The van der Waals surface area contributed by atoms with Gasteiger partial charge in [0.1, 0.15) is 0 Å². The Bertz CT molecular complexity index is 854. The van der Waals surface area contributed by atoms with Crippen LogP contribution < -0.4 is 9.80 Å². The predicted octanol–water partition coefficient (Wildman–Crippen LogP) is 6.59. The summed E-state index contributed by atoms with van der Waals surface area (Å²) in [5, 5.41) is 1.37. The van der Waals surface area contributed by atoms with E-state index in [4.69, 9.17) is 27.9 Å². The van der Waals surface area contributed by atoms with Crippen LogP contribution in [0.1, 0.15) is 39.2 Å². The number of anilines is 2. The van der Waals surface area contributed by atoms with Crippen LogP contribution in [0.2, 0.25) is 10.0 Å². The topological polar surface area (TPSA) is 19.0 Å². The van der Waals surface area contributed by atoms with Gasteiger partial charge in [-0.15, -0.1) is 0 Å². The second kappa shape index (κ2) is 11.8. The third-order valence-electron chi connectivity index (χ3n) is 6.01. The maximum Gasteiger partial charge on any atom is 0.0748 e. The van der Waals surface area contributed by atoms with Crippen LogP contribution in [0.15, 0.2) is 42.5 Å². The molecule has 2 aromatic rings. The van der Waals surface area contributed by atoms with E-state index in [1.54, 1.807) is 0 Å². The number of rotatable bonds is 10. The van der Waals surface area contributed by atoms with Crippen LogP contribution >= 0.6 is 23.2 Å². The SMILES string of the molecule is CN(C)c1ccc(CN(CC(COCC(C)(C)C)N2CCCC2)c2c(Cl)cccc2Cl)cc1. The van der Waals surface area contributed by atoms with Crippen LogP contribution in [0, 0.1) is 5.41 Å². The molecule has 1 aliphatic rings. The summed E-state index contributed by atoms with van der Waals surface area (Å²) < 4.78 is 6.22. The Morgan fingerprint density at radius 2 is 1.58 bits per heavy atom. The van der Waals surface area contributed by atoms with E-state index in [2.05, 4.69) is 73.8 Å². The van der Waals surface area contributed by atoms with Gasteiger partial charge in [0.25, 0.3) is 0 Å². The van der Waals surface area contributed by atoms with Crippen LogP contribution in [-0.2, 0) is 11.3 Å². The van der Waals surface area contributed by atoms with E-state index in [9.17, 15) is 0 Å². The number of para-hydroxylation sites is 1. The zero-order valence-corrected chi connectivity index (χ0v) is 22.3. The van der Waals surface area contributed by atoms with Gasteiger partial charge in [0.2, 0.25) is 0 Å². The molecule has 1 aliphatic heterocycles. The molecular formula is C27H39Cl2N3O. The van der Waals surface area contributed by atoms with E-state index in [0.717, 1.165) is 38.5 Å². The molecule has 1 unspecified atom stereocenters. The van der Waals surface area contributed by atoms with Gasteiger partial charge in [0.05, 0.1) is 35.0 Å². The van der Waals surface area contributed by atoms with E-state index in [-0.39, 0.29) is 11.5 Å². The number of likely N-dealkylation sites (tertiary alicyclic amines) is 1. The minimum absolute atomic E-state index is 0.148. The molecule has 0 bridgehead atoms. The molecule has 3 rings (SSSR count). The lowest BCUT2D eigenvalue weighted by Crippen LogP contribution is -2.46. The highest BCUT2D eigenvalue weighted by Gasteiger charge is 2.27. The van der Waals surface area contributed by atoms with E-state index in [1.807, 2.05) is 18.2 Å². The third kappa shape index (κ3) is 7.78. The lowest BCUT2D eigenvalue weighted by atomic mass is 9.99. The normalized spacial score (nSPS) is 15.6. The number of halogens is 2. The maximum absolute atomic E-state index is 6.69. The second-order valence-electron chi connectivity index (χ2n) is 10.5. The third-order valence-corrected chi connectivity index (χ3v) is 6.62. The molecular weight excluding hydrogens is 453 g/mol. The van der Waals surface area contributed by atoms with Crippen molar-refractivity contribution >= 4 is 34.6 Å². The molecule has 33 heavy (non-hydrogen) atoms.